The molecule has 3 N–H and O–H groups in total. The summed E-state index contributed by atoms with van der Waals surface area (Å²) in [5, 5.41) is 2.92. The van der Waals surface area contributed by atoms with Gasteiger partial charge >= 0.3 is 0 Å². The monoisotopic (exact) mass is 440 g/mol. The average molecular weight is 441 g/mol. The molecular weight excluding hydrogens is 412 g/mol. The second-order valence-corrected chi connectivity index (χ2v) is 8.02. The minimum absolute atomic E-state index is 0.102. The van der Waals surface area contributed by atoms with Crippen LogP contribution in [0.5, 0.6) is 0 Å². The minimum atomic E-state index is -0.556. The second kappa shape index (κ2) is 9.39. The molecule has 1 atom stereocenters. The van der Waals surface area contributed by atoms with Crippen LogP contribution in [0.1, 0.15) is 36.1 Å². The first-order valence-electron chi connectivity index (χ1n) is 10.8. The molecule has 2 fully saturated rings. The Kier molecular flexibility index (Phi) is 6.40. The van der Waals surface area contributed by atoms with E-state index < -0.39 is 6.04 Å². The number of benzene rings is 1. The highest BCUT2D eigenvalue weighted by Gasteiger charge is 2.35. The van der Waals surface area contributed by atoms with Gasteiger partial charge in [0.05, 0.1) is 6.54 Å². The lowest BCUT2D eigenvalue weighted by molar-refractivity contribution is -0.129. The Morgan fingerprint density at radius 1 is 1.12 bits per heavy atom. The average Bonchev–Trinajstić information content (AvgIpc) is 3.49. The van der Waals surface area contributed by atoms with Crippen LogP contribution in [0.15, 0.2) is 34.9 Å². The molecule has 2 aromatic rings. The molecule has 10 heteroatoms. The zero-order valence-electron chi connectivity index (χ0n) is 18.1. The lowest BCUT2D eigenvalue weighted by Crippen LogP contribution is -2.48. The van der Waals surface area contributed by atoms with Gasteiger partial charge in [-0.2, -0.15) is 0 Å². The van der Waals surface area contributed by atoms with Crippen LogP contribution < -0.4 is 16.0 Å². The van der Waals surface area contributed by atoms with Crippen LogP contribution in [-0.4, -0.2) is 71.3 Å². The molecule has 0 saturated carbocycles. The number of aromatic nitrogens is 1. The molecule has 1 aromatic carbocycles. The van der Waals surface area contributed by atoms with E-state index in [1.807, 2.05) is 29.2 Å². The fourth-order valence-corrected chi connectivity index (χ4v) is 4.19. The normalized spacial score (nSPS) is 18.7. The number of rotatable bonds is 5. The molecule has 3 heterocycles. The van der Waals surface area contributed by atoms with Crippen LogP contribution in [0.2, 0.25) is 0 Å². The number of likely N-dealkylation sites (tertiary alicyclic amines) is 1. The first-order chi connectivity index (χ1) is 15.5. The summed E-state index contributed by atoms with van der Waals surface area (Å²) < 4.78 is 5.16. The molecule has 2 aliphatic heterocycles. The first-order valence-corrected chi connectivity index (χ1v) is 10.8. The Morgan fingerprint density at radius 3 is 2.47 bits per heavy atom. The molecule has 0 unspecified atom stereocenters. The van der Waals surface area contributed by atoms with E-state index in [0.717, 1.165) is 25.2 Å². The topological polar surface area (TPSA) is 125 Å². The Hall–Kier alpha value is -3.40. The summed E-state index contributed by atoms with van der Waals surface area (Å²) in [6, 6.07) is 7.08. The van der Waals surface area contributed by atoms with Crippen molar-refractivity contribution in [2.45, 2.75) is 32.4 Å². The highest BCUT2D eigenvalue weighted by Crippen LogP contribution is 2.23. The summed E-state index contributed by atoms with van der Waals surface area (Å²) in [6.45, 7) is 5.16. The van der Waals surface area contributed by atoms with Crippen LogP contribution in [-0.2, 0) is 16.1 Å². The summed E-state index contributed by atoms with van der Waals surface area (Å²) in [4.78, 5) is 46.8. The molecule has 170 valence electrons. The molecule has 3 amide bonds. The van der Waals surface area contributed by atoms with Gasteiger partial charge in [0.1, 0.15) is 12.3 Å². The zero-order valence-corrected chi connectivity index (χ0v) is 18.1. The number of nitrogens with zero attached hydrogens (tertiary/aromatic N) is 4. The minimum Gasteiger partial charge on any atom is -0.447 e. The lowest BCUT2D eigenvalue weighted by atomic mass is 10.2. The number of anilines is 2. The molecule has 4 rings (SSSR count). The molecule has 0 bridgehead atoms. The van der Waals surface area contributed by atoms with Crippen molar-refractivity contribution in [3.8, 4) is 0 Å². The van der Waals surface area contributed by atoms with E-state index in [9.17, 15) is 14.4 Å². The Labute approximate surface area is 186 Å². The van der Waals surface area contributed by atoms with Crippen LogP contribution in [0.4, 0.5) is 11.4 Å². The SMILES string of the molecule is CC(=O)N1CCN(c2ccc(NC(=O)[C@H]3CCCN3C(=O)c3coc(CN)n3)cc2)CC1. The number of amides is 3. The first kappa shape index (κ1) is 21.8. The molecule has 0 spiro atoms. The van der Waals surface area contributed by atoms with E-state index in [0.29, 0.717) is 31.7 Å². The van der Waals surface area contributed by atoms with Crippen molar-refractivity contribution in [1.29, 1.82) is 0 Å². The van der Waals surface area contributed by atoms with Gasteiger partial charge in [0.25, 0.3) is 5.91 Å². The van der Waals surface area contributed by atoms with Crippen molar-refractivity contribution in [1.82, 2.24) is 14.8 Å². The number of hydrogen-bond donors (Lipinski definition) is 2. The number of nitrogens with two attached hydrogens (primary N) is 1. The van der Waals surface area contributed by atoms with Crippen LogP contribution in [0.3, 0.4) is 0 Å². The highest BCUT2D eigenvalue weighted by molar-refractivity contribution is 6.00. The number of carbonyl (C=O) groups is 3. The fourth-order valence-electron chi connectivity index (χ4n) is 4.19. The lowest BCUT2D eigenvalue weighted by Gasteiger charge is -2.35. The van der Waals surface area contributed by atoms with Gasteiger partial charge in [-0.3, -0.25) is 14.4 Å². The summed E-state index contributed by atoms with van der Waals surface area (Å²) >= 11 is 0. The van der Waals surface area contributed by atoms with Gasteiger partial charge < -0.3 is 30.2 Å². The number of nitrogens with one attached hydrogen (secondary N) is 1. The summed E-state index contributed by atoms with van der Waals surface area (Å²) in [5.74, 6) is -0.158. The number of hydrogen-bond acceptors (Lipinski definition) is 7. The second-order valence-electron chi connectivity index (χ2n) is 8.02. The van der Waals surface area contributed by atoms with Crippen LogP contribution >= 0.6 is 0 Å². The predicted molar refractivity (Wildman–Crippen MR) is 118 cm³/mol. The van der Waals surface area contributed by atoms with Gasteiger partial charge in [-0.25, -0.2) is 4.98 Å². The highest BCUT2D eigenvalue weighted by atomic mass is 16.3. The molecule has 1 aromatic heterocycles. The van der Waals surface area contributed by atoms with E-state index in [1.165, 1.54) is 11.2 Å². The van der Waals surface area contributed by atoms with Crippen LogP contribution in [0, 0.1) is 0 Å². The quantitative estimate of drug-likeness (QED) is 0.712. The van der Waals surface area contributed by atoms with Crippen molar-refractivity contribution in [2.75, 3.05) is 42.9 Å². The predicted octanol–water partition coefficient (Wildman–Crippen LogP) is 1.05. The smallest absolute Gasteiger partial charge is 0.276 e. The number of piperazine rings is 1. The van der Waals surface area contributed by atoms with Crippen molar-refractivity contribution in [2.24, 2.45) is 5.73 Å². The maximum Gasteiger partial charge on any atom is 0.276 e. The standard InChI is InChI=1S/C22H28N6O4/c1-15(29)26-9-11-27(12-10-26)17-6-4-16(5-7-17)24-21(30)19-3-2-8-28(19)22(31)18-14-32-20(13-23)25-18/h4-7,14,19H,2-3,8-13,23H2,1H3,(H,24,30)/t19-/m1/s1. The zero-order chi connectivity index (χ0) is 22.7. The molecule has 0 aliphatic carbocycles. The third kappa shape index (κ3) is 4.59. The molecule has 10 nitrogen and oxygen atoms in total. The molecule has 2 aliphatic rings. The van der Waals surface area contributed by atoms with Crippen molar-refractivity contribution < 1.29 is 18.8 Å². The summed E-state index contributed by atoms with van der Waals surface area (Å²) in [6.07, 6.45) is 2.63. The number of oxazole rings is 1. The molecule has 2 saturated heterocycles. The van der Waals surface area contributed by atoms with E-state index in [2.05, 4.69) is 15.2 Å². The maximum atomic E-state index is 12.9. The van der Waals surface area contributed by atoms with Gasteiger partial charge in [0.2, 0.25) is 17.7 Å². The Bertz CT molecular complexity index is 981. The molecular formula is C22H28N6O4. The van der Waals surface area contributed by atoms with Gasteiger partial charge in [-0.1, -0.05) is 0 Å². The Morgan fingerprint density at radius 2 is 1.84 bits per heavy atom. The van der Waals surface area contributed by atoms with E-state index in [4.69, 9.17) is 10.2 Å². The molecule has 0 radical (unpaired) electrons. The Balaban J connectivity index is 1.36. The fraction of sp³-hybridized carbons (Fsp3) is 0.455. The summed E-state index contributed by atoms with van der Waals surface area (Å²) in [7, 11) is 0. The van der Waals surface area contributed by atoms with Crippen molar-refractivity contribution in [3.05, 3.63) is 42.1 Å². The van der Waals surface area contributed by atoms with Crippen molar-refractivity contribution >= 4 is 29.1 Å². The largest absolute Gasteiger partial charge is 0.447 e. The van der Waals surface area contributed by atoms with E-state index in [-0.39, 0.29) is 35.9 Å². The van der Waals surface area contributed by atoms with Gasteiger partial charge in [-0.05, 0) is 37.1 Å². The van der Waals surface area contributed by atoms with Crippen LogP contribution in [0.25, 0.3) is 0 Å². The van der Waals surface area contributed by atoms with E-state index in [1.54, 1.807) is 6.92 Å². The van der Waals surface area contributed by atoms with Crippen molar-refractivity contribution in [3.63, 3.8) is 0 Å². The maximum absolute atomic E-state index is 12.9. The number of carbonyl (C=O) groups excluding carboxylic acids is 3. The third-order valence-electron chi connectivity index (χ3n) is 5.99. The third-order valence-corrected chi connectivity index (χ3v) is 5.99. The summed E-state index contributed by atoms with van der Waals surface area (Å²) in [5.41, 5.74) is 7.38. The molecule has 32 heavy (non-hydrogen) atoms. The van der Waals surface area contributed by atoms with Gasteiger partial charge in [-0.15, -0.1) is 0 Å². The van der Waals surface area contributed by atoms with Gasteiger partial charge in [0.15, 0.2) is 5.69 Å². The van der Waals surface area contributed by atoms with E-state index >= 15 is 0 Å². The van der Waals surface area contributed by atoms with Gasteiger partial charge in [0, 0.05) is 51.0 Å².